The molecule has 8 heteroatoms. The van der Waals surface area contributed by atoms with E-state index >= 15 is 0 Å². The number of carbonyl (C=O) groups is 2. The van der Waals surface area contributed by atoms with Crippen LogP contribution in [0.5, 0.6) is 0 Å². The molecule has 3 rings (SSSR count). The van der Waals surface area contributed by atoms with E-state index in [-0.39, 0.29) is 16.7 Å². The summed E-state index contributed by atoms with van der Waals surface area (Å²) in [6, 6.07) is 11.7. The van der Waals surface area contributed by atoms with Gasteiger partial charge in [-0.2, -0.15) is 0 Å². The summed E-state index contributed by atoms with van der Waals surface area (Å²) in [7, 11) is -3.73. The van der Waals surface area contributed by atoms with E-state index in [4.69, 9.17) is 0 Å². The maximum absolute atomic E-state index is 12.8. The van der Waals surface area contributed by atoms with Crippen LogP contribution in [0.4, 0.5) is 5.69 Å². The molecule has 2 aromatic rings. The van der Waals surface area contributed by atoms with Crippen molar-refractivity contribution in [3.63, 3.8) is 0 Å². The molecule has 7 nitrogen and oxygen atoms in total. The average Bonchev–Trinajstić information content (AvgIpc) is 2.75. The van der Waals surface area contributed by atoms with E-state index in [0.29, 0.717) is 55.3 Å². The lowest BCUT2D eigenvalue weighted by atomic mass is 10.1. The van der Waals surface area contributed by atoms with Crippen molar-refractivity contribution in [3.05, 3.63) is 59.2 Å². The number of nitrogens with one attached hydrogen (secondary N) is 1. The third kappa shape index (κ3) is 5.68. The topological polar surface area (TPSA) is 86.8 Å². The van der Waals surface area contributed by atoms with Gasteiger partial charge in [0.05, 0.1) is 4.90 Å². The minimum absolute atomic E-state index is 0.120. The summed E-state index contributed by atoms with van der Waals surface area (Å²) in [6.07, 6.45) is 0.521. The van der Waals surface area contributed by atoms with Crippen LogP contribution in [0.2, 0.25) is 0 Å². The molecule has 0 unspecified atom stereocenters. The minimum Gasteiger partial charge on any atom is -0.339 e. The van der Waals surface area contributed by atoms with Gasteiger partial charge in [0.25, 0.3) is 15.9 Å². The summed E-state index contributed by atoms with van der Waals surface area (Å²) in [6.45, 7) is 9.68. The van der Waals surface area contributed by atoms with Crippen LogP contribution < -0.4 is 4.72 Å². The Morgan fingerprint density at radius 1 is 0.938 bits per heavy atom. The standard InChI is InChI=1S/C24H31N3O4S/c1-17(2)15-23(28)26-11-13-27(14-12-26)24(29)20-7-9-21(10-8-20)25-32(30,31)22-16-18(3)5-6-19(22)4/h5-10,16-17,25H,11-15H2,1-4H3. The molecule has 0 aliphatic carbocycles. The van der Waals surface area contributed by atoms with Crippen LogP contribution in [-0.4, -0.2) is 56.2 Å². The Kier molecular flexibility index (Phi) is 7.23. The second kappa shape index (κ2) is 9.73. The second-order valence-electron chi connectivity index (χ2n) is 8.72. The SMILES string of the molecule is Cc1ccc(C)c(S(=O)(=O)Nc2ccc(C(=O)N3CCN(C(=O)CC(C)C)CC3)cc2)c1. The molecule has 0 radical (unpaired) electrons. The molecule has 0 aromatic heterocycles. The molecule has 2 amide bonds. The quantitative estimate of drug-likeness (QED) is 0.720. The highest BCUT2D eigenvalue weighted by Crippen LogP contribution is 2.21. The van der Waals surface area contributed by atoms with Crippen LogP contribution in [0.15, 0.2) is 47.4 Å². The average molecular weight is 458 g/mol. The largest absolute Gasteiger partial charge is 0.339 e. The molecule has 32 heavy (non-hydrogen) atoms. The van der Waals surface area contributed by atoms with Crippen molar-refractivity contribution in [2.24, 2.45) is 5.92 Å². The highest BCUT2D eigenvalue weighted by molar-refractivity contribution is 7.92. The van der Waals surface area contributed by atoms with Gasteiger partial charge in [-0.1, -0.05) is 26.0 Å². The van der Waals surface area contributed by atoms with Crippen LogP contribution in [0.1, 0.15) is 41.8 Å². The lowest BCUT2D eigenvalue weighted by molar-refractivity contribution is -0.133. The molecule has 0 saturated carbocycles. The Morgan fingerprint density at radius 3 is 2.12 bits per heavy atom. The summed E-state index contributed by atoms with van der Waals surface area (Å²) >= 11 is 0. The lowest BCUT2D eigenvalue weighted by Gasteiger charge is -2.35. The third-order valence-electron chi connectivity index (χ3n) is 5.52. The molecule has 1 N–H and O–H groups in total. The number of carbonyl (C=O) groups excluding carboxylic acids is 2. The van der Waals surface area contributed by atoms with Crippen molar-refractivity contribution in [1.29, 1.82) is 0 Å². The van der Waals surface area contributed by atoms with Gasteiger partial charge in [0.1, 0.15) is 0 Å². The Balaban J connectivity index is 1.63. The zero-order valence-electron chi connectivity index (χ0n) is 19.1. The Morgan fingerprint density at radius 2 is 1.53 bits per heavy atom. The van der Waals surface area contributed by atoms with E-state index < -0.39 is 10.0 Å². The Hall–Kier alpha value is -2.87. The fraction of sp³-hybridized carbons (Fsp3) is 0.417. The summed E-state index contributed by atoms with van der Waals surface area (Å²) in [5.41, 5.74) is 2.41. The van der Waals surface area contributed by atoms with Gasteiger partial charge in [-0.3, -0.25) is 14.3 Å². The van der Waals surface area contributed by atoms with Crippen LogP contribution in [-0.2, 0) is 14.8 Å². The highest BCUT2D eigenvalue weighted by Gasteiger charge is 2.25. The molecule has 1 aliphatic heterocycles. The number of nitrogens with zero attached hydrogens (tertiary/aromatic N) is 2. The van der Waals surface area contributed by atoms with Crippen molar-refractivity contribution in [1.82, 2.24) is 9.80 Å². The Bertz CT molecular complexity index is 1090. The van der Waals surface area contributed by atoms with Crippen LogP contribution >= 0.6 is 0 Å². The van der Waals surface area contributed by atoms with E-state index in [1.54, 1.807) is 48.2 Å². The fourth-order valence-electron chi connectivity index (χ4n) is 3.71. The van der Waals surface area contributed by atoms with Gasteiger partial charge in [-0.15, -0.1) is 0 Å². The normalized spacial score (nSPS) is 14.5. The number of sulfonamides is 1. The van der Waals surface area contributed by atoms with Gasteiger partial charge in [0.2, 0.25) is 5.91 Å². The maximum atomic E-state index is 12.8. The Labute approximate surface area is 190 Å². The van der Waals surface area contributed by atoms with E-state index in [2.05, 4.69) is 4.72 Å². The predicted octanol–water partition coefficient (Wildman–Crippen LogP) is 3.43. The van der Waals surface area contributed by atoms with Crippen molar-refractivity contribution >= 4 is 27.5 Å². The number of hydrogen-bond donors (Lipinski definition) is 1. The molecular formula is C24H31N3O4S. The van der Waals surface area contributed by atoms with Crippen molar-refractivity contribution in [2.45, 2.75) is 39.0 Å². The van der Waals surface area contributed by atoms with Crippen molar-refractivity contribution < 1.29 is 18.0 Å². The molecule has 0 bridgehead atoms. The van der Waals surface area contributed by atoms with Gasteiger partial charge in [-0.25, -0.2) is 8.42 Å². The smallest absolute Gasteiger partial charge is 0.262 e. The molecule has 0 atom stereocenters. The molecule has 1 fully saturated rings. The number of benzene rings is 2. The zero-order valence-corrected chi connectivity index (χ0v) is 19.9. The van der Waals surface area contributed by atoms with E-state index in [1.165, 1.54) is 0 Å². The van der Waals surface area contributed by atoms with Crippen LogP contribution in [0, 0.1) is 19.8 Å². The highest BCUT2D eigenvalue weighted by atomic mass is 32.2. The van der Waals surface area contributed by atoms with Gasteiger partial charge in [0, 0.05) is 43.9 Å². The van der Waals surface area contributed by atoms with Crippen LogP contribution in [0.3, 0.4) is 0 Å². The first kappa shape index (κ1) is 23.8. The second-order valence-corrected chi connectivity index (χ2v) is 10.4. The van der Waals surface area contributed by atoms with Crippen molar-refractivity contribution in [3.8, 4) is 0 Å². The summed E-state index contributed by atoms with van der Waals surface area (Å²) in [5.74, 6) is 0.324. The molecular weight excluding hydrogens is 426 g/mol. The lowest BCUT2D eigenvalue weighted by Crippen LogP contribution is -2.50. The monoisotopic (exact) mass is 457 g/mol. The third-order valence-corrected chi connectivity index (χ3v) is 7.04. The molecule has 1 saturated heterocycles. The molecule has 1 aliphatic rings. The van der Waals surface area contributed by atoms with Crippen LogP contribution in [0.25, 0.3) is 0 Å². The van der Waals surface area contributed by atoms with Crippen molar-refractivity contribution in [2.75, 3.05) is 30.9 Å². The molecule has 0 spiro atoms. The number of amides is 2. The van der Waals surface area contributed by atoms with E-state index in [1.807, 2.05) is 31.7 Å². The summed E-state index contributed by atoms with van der Waals surface area (Å²) < 4.78 is 28.1. The van der Waals surface area contributed by atoms with E-state index in [0.717, 1.165) is 5.56 Å². The first-order chi connectivity index (χ1) is 15.1. The fourth-order valence-corrected chi connectivity index (χ4v) is 5.10. The van der Waals surface area contributed by atoms with Gasteiger partial charge < -0.3 is 9.80 Å². The molecule has 1 heterocycles. The van der Waals surface area contributed by atoms with Gasteiger partial charge in [-0.05, 0) is 61.2 Å². The van der Waals surface area contributed by atoms with Gasteiger partial charge in [0.15, 0.2) is 0 Å². The summed E-state index contributed by atoms with van der Waals surface area (Å²) in [5, 5.41) is 0. The number of rotatable bonds is 6. The minimum atomic E-state index is -3.73. The number of anilines is 1. The van der Waals surface area contributed by atoms with Gasteiger partial charge >= 0.3 is 0 Å². The number of hydrogen-bond acceptors (Lipinski definition) is 4. The summed E-state index contributed by atoms with van der Waals surface area (Å²) in [4.78, 5) is 28.8. The zero-order chi connectivity index (χ0) is 23.5. The molecule has 172 valence electrons. The first-order valence-corrected chi connectivity index (χ1v) is 12.3. The number of piperazine rings is 1. The molecule has 2 aromatic carbocycles. The maximum Gasteiger partial charge on any atom is 0.262 e. The predicted molar refractivity (Wildman–Crippen MR) is 125 cm³/mol. The number of aryl methyl sites for hydroxylation is 2. The van der Waals surface area contributed by atoms with E-state index in [9.17, 15) is 18.0 Å². The first-order valence-electron chi connectivity index (χ1n) is 10.8.